The molecule has 3 rings (SSSR count). The molecule has 0 aliphatic carbocycles. The Morgan fingerprint density at radius 2 is 1.66 bits per heavy atom. The van der Waals surface area contributed by atoms with E-state index in [1.54, 1.807) is 31.2 Å². The Labute approximate surface area is 198 Å². The fourth-order valence-electron chi connectivity index (χ4n) is 4.16. The van der Waals surface area contributed by atoms with Gasteiger partial charge in [-0.1, -0.05) is 18.2 Å². The number of sulfonamides is 1. The van der Waals surface area contributed by atoms with Crippen molar-refractivity contribution >= 4 is 21.6 Å². The highest BCUT2D eigenvalue weighted by Gasteiger charge is 2.31. The summed E-state index contributed by atoms with van der Waals surface area (Å²) in [5.41, 5.74) is 2.80. The van der Waals surface area contributed by atoms with Gasteiger partial charge in [-0.05, 0) is 62.1 Å². The number of hydrogen-bond acceptors (Lipinski definition) is 3. The Morgan fingerprint density at radius 1 is 1.03 bits per heavy atom. The van der Waals surface area contributed by atoms with Crippen LogP contribution in [0.5, 0.6) is 0 Å². The smallest absolute Gasteiger partial charge is 0.255 e. The molecule has 0 bridgehead atoms. The van der Waals surface area contributed by atoms with Gasteiger partial charge in [-0.3, -0.25) is 4.79 Å². The van der Waals surface area contributed by atoms with E-state index >= 15 is 0 Å². The first-order valence-electron chi connectivity index (χ1n) is 10.8. The van der Waals surface area contributed by atoms with E-state index in [4.69, 9.17) is 0 Å². The van der Waals surface area contributed by atoms with Crippen molar-refractivity contribution in [1.29, 1.82) is 0 Å². The number of likely N-dealkylation sites (tertiary alicyclic amines) is 1. The molecule has 6 nitrogen and oxygen atoms in total. The van der Waals surface area contributed by atoms with Gasteiger partial charge in [0.05, 0.1) is 32.1 Å². The largest absolute Gasteiger partial charge is 1.00 e. The van der Waals surface area contributed by atoms with Crippen molar-refractivity contribution in [1.82, 2.24) is 4.72 Å². The fraction of sp³-hybridized carbons (Fsp3) is 0.458. The van der Waals surface area contributed by atoms with Gasteiger partial charge in [0.2, 0.25) is 10.0 Å². The van der Waals surface area contributed by atoms with E-state index in [-0.39, 0.29) is 29.3 Å². The van der Waals surface area contributed by atoms with E-state index < -0.39 is 10.0 Å². The van der Waals surface area contributed by atoms with Gasteiger partial charge >= 0.3 is 0 Å². The number of nitrogens with zero attached hydrogens (tertiary/aromatic N) is 1. The molecule has 0 spiro atoms. The Balaban J connectivity index is 0.00000363. The first-order chi connectivity index (χ1) is 14.5. The molecule has 1 heterocycles. The summed E-state index contributed by atoms with van der Waals surface area (Å²) in [5.74, 6) is 0.136. The van der Waals surface area contributed by atoms with Gasteiger partial charge in [0.25, 0.3) is 5.91 Å². The molecule has 0 unspecified atom stereocenters. The average molecular weight is 480 g/mol. The summed E-state index contributed by atoms with van der Waals surface area (Å²) in [6.45, 7) is 7.76. The van der Waals surface area contributed by atoms with Crippen molar-refractivity contribution in [2.45, 2.75) is 44.6 Å². The van der Waals surface area contributed by atoms with Crippen LogP contribution in [-0.2, 0) is 10.0 Å². The number of carbonyl (C=O) groups is 1. The van der Waals surface area contributed by atoms with Crippen LogP contribution < -0.4 is 22.4 Å². The molecule has 1 aliphatic rings. The molecule has 1 aliphatic heterocycles. The van der Waals surface area contributed by atoms with Crippen molar-refractivity contribution in [2.24, 2.45) is 5.92 Å². The third kappa shape index (κ3) is 6.32. The van der Waals surface area contributed by atoms with Crippen LogP contribution in [0.3, 0.4) is 0 Å². The molecule has 0 aromatic heterocycles. The number of benzene rings is 2. The van der Waals surface area contributed by atoms with Gasteiger partial charge in [-0.15, -0.1) is 0 Å². The molecule has 8 heteroatoms. The minimum Gasteiger partial charge on any atom is -1.00 e. The van der Waals surface area contributed by atoms with E-state index in [1.807, 2.05) is 32.0 Å². The zero-order valence-corrected chi connectivity index (χ0v) is 21.1. The van der Waals surface area contributed by atoms with Gasteiger partial charge < -0.3 is 22.2 Å². The number of carbonyl (C=O) groups excluding carboxylic acids is 1. The Hall–Kier alpha value is -1.93. The molecule has 2 aromatic rings. The molecular weight excluding hydrogens is 446 g/mol. The zero-order chi connectivity index (χ0) is 22.8. The third-order valence-electron chi connectivity index (χ3n) is 6.40. The predicted molar refractivity (Wildman–Crippen MR) is 125 cm³/mol. The van der Waals surface area contributed by atoms with Crippen LogP contribution in [0.4, 0.5) is 5.69 Å². The SMILES string of the molecule is Cc1cc(S(=O)(=O)N[C@H](C)C2CC[N+](C)(C)CC2)ccc1NC(=O)c1ccccc1C.[Cl-]. The summed E-state index contributed by atoms with van der Waals surface area (Å²) in [4.78, 5) is 12.8. The van der Waals surface area contributed by atoms with Crippen LogP contribution in [-0.4, -0.2) is 52.0 Å². The number of quaternary nitrogens is 1. The van der Waals surface area contributed by atoms with Crippen LogP contribution in [0.25, 0.3) is 0 Å². The molecule has 0 saturated carbocycles. The minimum absolute atomic E-state index is 0. The molecule has 1 atom stereocenters. The topological polar surface area (TPSA) is 75.3 Å². The number of hydrogen-bond donors (Lipinski definition) is 2. The lowest BCUT2D eigenvalue weighted by atomic mass is 9.90. The van der Waals surface area contributed by atoms with Crippen LogP contribution in [0.15, 0.2) is 47.4 Å². The highest BCUT2D eigenvalue weighted by atomic mass is 35.5. The van der Waals surface area contributed by atoms with Gasteiger partial charge in [0, 0.05) is 30.1 Å². The van der Waals surface area contributed by atoms with Gasteiger partial charge in [-0.2, -0.15) is 0 Å². The zero-order valence-electron chi connectivity index (χ0n) is 19.5. The normalized spacial score (nSPS) is 17.3. The highest BCUT2D eigenvalue weighted by molar-refractivity contribution is 7.89. The second kappa shape index (κ2) is 10.3. The lowest BCUT2D eigenvalue weighted by Crippen LogP contribution is -3.00. The maximum Gasteiger partial charge on any atom is 0.255 e. The third-order valence-corrected chi connectivity index (χ3v) is 7.96. The number of rotatable bonds is 6. The number of anilines is 1. The summed E-state index contributed by atoms with van der Waals surface area (Å²) in [7, 11) is 0.799. The van der Waals surface area contributed by atoms with E-state index in [2.05, 4.69) is 24.1 Å². The average Bonchev–Trinajstić information content (AvgIpc) is 2.69. The van der Waals surface area contributed by atoms with Crippen molar-refractivity contribution in [3.8, 4) is 0 Å². The second-order valence-corrected chi connectivity index (χ2v) is 11.1. The first kappa shape index (κ1) is 26.3. The maximum atomic E-state index is 13.0. The van der Waals surface area contributed by atoms with Crippen LogP contribution >= 0.6 is 0 Å². The predicted octanol–water partition coefficient (Wildman–Crippen LogP) is 0.713. The molecule has 176 valence electrons. The monoisotopic (exact) mass is 479 g/mol. The van der Waals surface area contributed by atoms with Gasteiger partial charge in [0.1, 0.15) is 0 Å². The quantitative estimate of drug-likeness (QED) is 0.599. The summed E-state index contributed by atoms with van der Waals surface area (Å²) in [6.07, 6.45) is 2.03. The Kier molecular flexibility index (Phi) is 8.50. The van der Waals surface area contributed by atoms with Crippen LogP contribution in [0.1, 0.15) is 41.3 Å². The highest BCUT2D eigenvalue weighted by Crippen LogP contribution is 2.25. The van der Waals surface area contributed by atoms with E-state index in [0.717, 1.165) is 36.0 Å². The molecule has 0 radical (unpaired) electrons. The number of aryl methyl sites for hydroxylation is 2. The first-order valence-corrected chi connectivity index (χ1v) is 12.3. The Morgan fingerprint density at radius 3 is 2.25 bits per heavy atom. The summed E-state index contributed by atoms with van der Waals surface area (Å²) < 4.78 is 29.8. The maximum absolute atomic E-state index is 13.0. The van der Waals surface area contributed by atoms with Crippen molar-refractivity contribution in [2.75, 3.05) is 32.5 Å². The van der Waals surface area contributed by atoms with Crippen molar-refractivity contribution in [3.05, 3.63) is 59.2 Å². The molecular formula is C24H34ClN3O3S. The van der Waals surface area contributed by atoms with Crippen molar-refractivity contribution < 1.29 is 30.1 Å². The number of amides is 1. The fourth-order valence-corrected chi connectivity index (χ4v) is 5.55. The van der Waals surface area contributed by atoms with Gasteiger partial charge in [0.15, 0.2) is 0 Å². The molecule has 1 amide bonds. The minimum atomic E-state index is -3.63. The molecule has 2 N–H and O–H groups in total. The molecule has 32 heavy (non-hydrogen) atoms. The Bertz CT molecular complexity index is 1060. The van der Waals surface area contributed by atoms with Gasteiger partial charge in [-0.25, -0.2) is 13.1 Å². The summed E-state index contributed by atoms with van der Waals surface area (Å²) in [6, 6.07) is 12.1. The van der Waals surface area contributed by atoms with E-state index in [0.29, 0.717) is 22.7 Å². The standard InChI is InChI=1S/C24H33N3O3S.ClH/c1-17-8-6-7-9-22(17)24(28)25-23-11-10-21(16-18(23)2)31(29,30)26-19(3)20-12-14-27(4,5)15-13-20;/h6-11,16,19-20,26H,12-15H2,1-5H3;1H/t19-;/m1./s1. The van der Waals surface area contributed by atoms with E-state index in [9.17, 15) is 13.2 Å². The molecule has 1 fully saturated rings. The second-order valence-electron chi connectivity index (χ2n) is 9.38. The molecule has 1 saturated heterocycles. The molecule has 2 aromatic carbocycles. The number of nitrogens with one attached hydrogen (secondary N) is 2. The lowest BCUT2D eigenvalue weighted by Gasteiger charge is -2.39. The van der Waals surface area contributed by atoms with Crippen LogP contribution in [0.2, 0.25) is 0 Å². The van der Waals surface area contributed by atoms with Crippen molar-refractivity contribution in [3.63, 3.8) is 0 Å². The number of piperidine rings is 1. The summed E-state index contributed by atoms with van der Waals surface area (Å²) in [5, 5.41) is 2.89. The summed E-state index contributed by atoms with van der Waals surface area (Å²) >= 11 is 0. The lowest BCUT2D eigenvalue weighted by molar-refractivity contribution is -0.896. The van der Waals surface area contributed by atoms with Crippen LogP contribution in [0, 0.1) is 19.8 Å². The van der Waals surface area contributed by atoms with E-state index in [1.165, 1.54) is 0 Å². The number of halogens is 1.